The van der Waals surface area contributed by atoms with Gasteiger partial charge in [-0.2, -0.15) is 0 Å². The average Bonchev–Trinajstić information content (AvgIpc) is 2.67. The summed E-state index contributed by atoms with van der Waals surface area (Å²) in [4.78, 5) is 3.14. The second kappa shape index (κ2) is 6.38. The summed E-state index contributed by atoms with van der Waals surface area (Å²) in [6.45, 7) is 0. The average molecular weight is 278 g/mol. The highest BCUT2D eigenvalue weighted by molar-refractivity contribution is 7.12. The second-order valence-electron chi connectivity index (χ2n) is 6.20. The van der Waals surface area contributed by atoms with Crippen molar-refractivity contribution in [2.24, 2.45) is 11.8 Å². The van der Waals surface area contributed by atoms with Crippen LogP contribution in [0, 0.1) is 5.92 Å². The molecule has 0 bridgehead atoms. The number of hydrogen-bond donors (Lipinski definition) is 2. The molecular weight excluding hydrogens is 252 g/mol. The molecule has 1 fully saturated rings. The zero-order chi connectivity index (χ0) is 13.1. The van der Waals surface area contributed by atoms with Crippen LogP contribution >= 0.6 is 11.3 Å². The summed E-state index contributed by atoms with van der Waals surface area (Å²) in [7, 11) is 0. The van der Waals surface area contributed by atoms with Crippen LogP contribution in [-0.2, 0) is 12.8 Å². The van der Waals surface area contributed by atoms with Crippen molar-refractivity contribution >= 4 is 11.3 Å². The molecule has 0 aromatic carbocycles. The third-order valence-electron chi connectivity index (χ3n) is 4.87. The summed E-state index contributed by atoms with van der Waals surface area (Å²) in [5.41, 5.74) is 4.75. The van der Waals surface area contributed by atoms with Crippen molar-refractivity contribution < 1.29 is 0 Å². The first-order valence-electron chi connectivity index (χ1n) is 7.96. The van der Waals surface area contributed by atoms with Gasteiger partial charge in [-0.3, -0.25) is 11.3 Å². The number of thiophene rings is 1. The molecule has 19 heavy (non-hydrogen) atoms. The Morgan fingerprint density at radius 3 is 2.47 bits per heavy atom. The molecule has 2 nitrogen and oxygen atoms in total. The topological polar surface area (TPSA) is 38.0 Å². The Kier molecular flexibility index (Phi) is 4.57. The Bertz CT molecular complexity index is 381. The fourth-order valence-electron chi connectivity index (χ4n) is 3.76. The van der Waals surface area contributed by atoms with E-state index in [1.807, 2.05) is 11.3 Å². The molecule has 1 aromatic heterocycles. The molecule has 3 rings (SSSR count). The summed E-state index contributed by atoms with van der Waals surface area (Å²) >= 11 is 2.03. The van der Waals surface area contributed by atoms with Gasteiger partial charge in [0.15, 0.2) is 0 Å². The number of rotatable bonds is 3. The Balaban J connectivity index is 1.78. The lowest BCUT2D eigenvalue weighted by Gasteiger charge is -2.24. The molecule has 2 aliphatic carbocycles. The van der Waals surface area contributed by atoms with Gasteiger partial charge in [0.1, 0.15) is 0 Å². The SMILES string of the molecule is NNC(c1cc2c(s1)CCCC2)C1CCCCCC1. The van der Waals surface area contributed by atoms with Crippen LogP contribution in [-0.4, -0.2) is 0 Å². The van der Waals surface area contributed by atoms with Crippen molar-refractivity contribution in [3.05, 3.63) is 21.4 Å². The summed E-state index contributed by atoms with van der Waals surface area (Å²) in [5, 5.41) is 0. The maximum absolute atomic E-state index is 5.90. The summed E-state index contributed by atoms with van der Waals surface area (Å²) in [6.07, 6.45) is 13.6. The first-order valence-corrected chi connectivity index (χ1v) is 8.78. The zero-order valence-electron chi connectivity index (χ0n) is 11.8. The number of nitrogens with one attached hydrogen (secondary N) is 1. The molecule has 106 valence electrons. The highest BCUT2D eigenvalue weighted by Crippen LogP contribution is 2.39. The van der Waals surface area contributed by atoms with Crippen molar-refractivity contribution in [3.63, 3.8) is 0 Å². The summed E-state index contributed by atoms with van der Waals surface area (Å²) in [5.74, 6) is 6.64. The van der Waals surface area contributed by atoms with Crippen molar-refractivity contribution in [2.45, 2.75) is 70.3 Å². The lowest BCUT2D eigenvalue weighted by Crippen LogP contribution is -2.33. The van der Waals surface area contributed by atoms with E-state index in [0.29, 0.717) is 6.04 Å². The Morgan fingerprint density at radius 1 is 1.05 bits per heavy atom. The van der Waals surface area contributed by atoms with E-state index in [2.05, 4.69) is 11.5 Å². The Labute approximate surface area is 120 Å². The van der Waals surface area contributed by atoms with Crippen LogP contribution in [0.25, 0.3) is 0 Å². The van der Waals surface area contributed by atoms with Crippen LogP contribution in [0.15, 0.2) is 6.07 Å². The molecule has 3 N–H and O–H groups in total. The maximum Gasteiger partial charge on any atom is 0.0581 e. The molecule has 2 aliphatic rings. The lowest BCUT2D eigenvalue weighted by molar-refractivity contribution is 0.333. The molecular formula is C16H26N2S. The largest absolute Gasteiger partial charge is 0.271 e. The summed E-state index contributed by atoms with van der Waals surface area (Å²) < 4.78 is 0. The molecule has 0 spiro atoms. The fraction of sp³-hybridized carbons (Fsp3) is 0.750. The molecule has 3 heteroatoms. The van der Waals surface area contributed by atoms with Gasteiger partial charge in [-0.15, -0.1) is 11.3 Å². The minimum absolute atomic E-state index is 0.397. The van der Waals surface area contributed by atoms with Crippen molar-refractivity contribution in [3.8, 4) is 0 Å². The first kappa shape index (κ1) is 13.6. The molecule has 1 heterocycles. The predicted molar refractivity (Wildman–Crippen MR) is 82.2 cm³/mol. The third-order valence-corrected chi connectivity index (χ3v) is 6.19. The van der Waals surface area contributed by atoms with E-state index < -0.39 is 0 Å². The van der Waals surface area contributed by atoms with E-state index in [1.54, 1.807) is 10.4 Å². The second-order valence-corrected chi connectivity index (χ2v) is 7.37. The van der Waals surface area contributed by atoms with Crippen LogP contribution in [0.2, 0.25) is 0 Å². The molecule has 0 radical (unpaired) electrons. The Morgan fingerprint density at radius 2 is 1.79 bits per heavy atom. The molecule has 1 aromatic rings. The molecule has 1 atom stereocenters. The van der Waals surface area contributed by atoms with Gasteiger partial charge in [-0.25, -0.2) is 0 Å². The lowest BCUT2D eigenvalue weighted by atomic mass is 9.90. The highest BCUT2D eigenvalue weighted by Gasteiger charge is 2.26. The fourth-order valence-corrected chi connectivity index (χ4v) is 5.17. The smallest absolute Gasteiger partial charge is 0.0581 e. The van der Waals surface area contributed by atoms with E-state index >= 15 is 0 Å². The minimum Gasteiger partial charge on any atom is -0.271 e. The number of hydrazine groups is 1. The number of aryl methyl sites for hydroxylation is 2. The molecule has 0 aliphatic heterocycles. The highest BCUT2D eigenvalue weighted by atomic mass is 32.1. The normalized spacial score (nSPS) is 22.8. The molecule has 0 saturated heterocycles. The number of fused-ring (bicyclic) bond motifs is 1. The van der Waals surface area contributed by atoms with Gasteiger partial charge < -0.3 is 0 Å². The van der Waals surface area contributed by atoms with Crippen LogP contribution in [0.5, 0.6) is 0 Å². The predicted octanol–water partition coefficient (Wildman–Crippen LogP) is 4.10. The molecule has 1 unspecified atom stereocenters. The van der Waals surface area contributed by atoms with Crippen LogP contribution in [0.1, 0.15) is 72.7 Å². The van der Waals surface area contributed by atoms with E-state index in [1.165, 1.54) is 69.1 Å². The summed E-state index contributed by atoms with van der Waals surface area (Å²) in [6, 6.07) is 2.85. The molecule has 0 amide bonds. The van der Waals surface area contributed by atoms with Gasteiger partial charge in [0.05, 0.1) is 6.04 Å². The zero-order valence-corrected chi connectivity index (χ0v) is 12.6. The number of nitrogens with two attached hydrogens (primary N) is 1. The van der Waals surface area contributed by atoms with E-state index in [0.717, 1.165) is 5.92 Å². The van der Waals surface area contributed by atoms with Gasteiger partial charge in [0.25, 0.3) is 0 Å². The quantitative estimate of drug-likeness (QED) is 0.496. The molecule has 1 saturated carbocycles. The van der Waals surface area contributed by atoms with Gasteiger partial charge in [0, 0.05) is 9.75 Å². The van der Waals surface area contributed by atoms with Crippen LogP contribution in [0.3, 0.4) is 0 Å². The number of hydrogen-bond acceptors (Lipinski definition) is 3. The maximum atomic E-state index is 5.90. The van der Waals surface area contributed by atoms with E-state index in [9.17, 15) is 0 Å². The van der Waals surface area contributed by atoms with Crippen molar-refractivity contribution in [1.29, 1.82) is 0 Å². The van der Waals surface area contributed by atoms with Gasteiger partial charge in [-0.05, 0) is 56.1 Å². The standard InChI is InChI=1S/C16H26N2S/c17-18-16(12-7-3-1-2-4-8-12)15-11-13-9-5-6-10-14(13)19-15/h11-12,16,18H,1-10,17H2. The van der Waals surface area contributed by atoms with E-state index in [4.69, 9.17) is 5.84 Å². The third kappa shape index (κ3) is 3.04. The van der Waals surface area contributed by atoms with Gasteiger partial charge >= 0.3 is 0 Å². The van der Waals surface area contributed by atoms with Gasteiger partial charge in [-0.1, -0.05) is 25.7 Å². The Hall–Kier alpha value is -0.380. The van der Waals surface area contributed by atoms with Crippen LogP contribution in [0.4, 0.5) is 0 Å². The monoisotopic (exact) mass is 278 g/mol. The van der Waals surface area contributed by atoms with Crippen molar-refractivity contribution in [2.75, 3.05) is 0 Å². The first-order chi connectivity index (χ1) is 9.38. The van der Waals surface area contributed by atoms with E-state index in [-0.39, 0.29) is 0 Å². The van der Waals surface area contributed by atoms with Crippen LogP contribution < -0.4 is 11.3 Å². The van der Waals surface area contributed by atoms with Gasteiger partial charge in [0.2, 0.25) is 0 Å². The van der Waals surface area contributed by atoms with Crippen molar-refractivity contribution in [1.82, 2.24) is 5.43 Å². The minimum atomic E-state index is 0.397.